The highest BCUT2D eigenvalue weighted by Gasteiger charge is 2.68. The van der Waals surface area contributed by atoms with Crippen LogP contribution in [0.1, 0.15) is 12.0 Å². The molecule has 6 atom stereocenters. The second kappa shape index (κ2) is 5.05. The third-order valence-electron chi connectivity index (χ3n) is 6.35. The lowest BCUT2D eigenvalue weighted by Crippen LogP contribution is -2.66. The summed E-state index contributed by atoms with van der Waals surface area (Å²) in [6, 6.07) is 8.48. The summed E-state index contributed by atoms with van der Waals surface area (Å²) in [7, 11) is 1.67. The van der Waals surface area contributed by atoms with E-state index in [-0.39, 0.29) is 18.1 Å². The zero-order valence-corrected chi connectivity index (χ0v) is 13.9. The van der Waals surface area contributed by atoms with Gasteiger partial charge < -0.3 is 24.2 Å². The van der Waals surface area contributed by atoms with Crippen molar-refractivity contribution < 1.29 is 19.3 Å². The van der Waals surface area contributed by atoms with Gasteiger partial charge in [0.05, 0.1) is 18.6 Å². The largest absolute Gasteiger partial charge is 0.390 e. The number of ether oxygens (including phenoxy) is 3. The Kier molecular flexibility index (Phi) is 3.14. The van der Waals surface area contributed by atoms with Gasteiger partial charge in [-0.3, -0.25) is 0 Å². The second-order valence-electron chi connectivity index (χ2n) is 7.40. The van der Waals surface area contributed by atoms with Crippen molar-refractivity contribution in [3.8, 4) is 0 Å². The van der Waals surface area contributed by atoms with E-state index in [0.29, 0.717) is 13.0 Å². The minimum atomic E-state index is -0.646. The summed E-state index contributed by atoms with van der Waals surface area (Å²) in [5.74, 6) is 0.193. The number of hydrogen-bond acceptors (Lipinski definition) is 5. The summed E-state index contributed by atoms with van der Waals surface area (Å²) in [5.41, 5.74) is 2.92. The minimum absolute atomic E-state index is 0.0113. The summed E-state index contributed by atoms with van der Waals surface area (Å²) < 4.78 is 17.8. The minimum Gasteiger partial charge on any atom is -0.390 e. The van der Waals surface area contributed by atoms with Crippen LogP contribution >= 0.6 is 0 Å². The summed E-state index contributed by atoms with van der Waals surface area (Å²) in [6.45, 7) is 5.77. The molecule has 6 rings (SSSR count). The first-order valence-electron chi connectivity index (χ1n) is 8.70. The molecule has 3 saturated heterocycles. The standard InChI is InChI=1S/C19H23NO4/c1-11-13-9-15(21)19(16(13)18(22-2)23-17(11)24-19)10-20-8-7-12-5-3-4-6-14(12)20/h3-6,13,15-18,21H,1,7-10H2,2H3/t13?,15-,16?,17?,18?,19?/m1/s1. The monoisotopic (exact) mass is 329 g/mol. The molecule has 24 heavy (non-hydrogen) atoms. The number of para-hydroxylation sites is 1. The van der Waals surface area contributed by atoms with Gasteiger partial charge in [-0.2, -0.15) is 0 Å². The van der Waals surface area contributed by atoms with Crippen molar-refractivity contribution in [3.05, 3.63) is 42.0 Å². The van der Waals surface area contributed by atoms with Crippen LogP contribution in [0.15, 0.2) is 36.4 Å². The molecule has 0 amide bonds. The first-order valence-corrected chi connectivity index (χ1v) is 8.70. The van der Waals surface area contributed by atoms with E-state index in [0.717, 1.165) is 18.5 Å². The molecule has 5 unspecified atom stereocenters. The van der Waals surface area contributed by atoms with Gasteiger partial charge in [-0.25, -0.2) is 0 Å². The molecule has 128 valence electrons. The van der Waals surface area contributed by atoms with E-state index in [2.05, 4.69) is 35.7 Å². The number of aliphatic hydroxyl groups excluding tert-OH is 1. The van der Waals surface area contributed by atoms with Crippen molar-refractivity contribution >= 4 is 5.69 Å². The molecule has 5 nitrogen and oxygen atoms in total. The molecule has 1 aromatic rings. The molecule has 4 bridgehead atoms. The molecular formula is C19H23NO4. The number of anilines is 1. The van der Waals surface area contributed by atoms with Crippen LogP contribution in [0, 0.1) is 11.8 Å². The maximum absolute atomic E-state index is 10.9. The Morgan fingerprint density at radius 2 is 2.25 bits per heavy atom. The Hall–Kier alpha value is -1.40. The molecule has 1 aromatic carbocycles. The van der Waals surface area contributed by atoms with Crippen LogP contribution in [-0.2, 0) is 20.6 Å². The number of aliphatic hydroxyl groups is 1. The Bertz CT molecular complexity index is 692. The van der Waals surface area contributed by atoms with Crippen molar-refractivity contribution in [1.29, 1.82) is 0 Å². The van der Waals surface area contributed by atoms with Gasteiger partial charge in [0.1, 0.15) is 5.60 Å². The van der Waals surface area contributed by atoms with E-state index in [1.165, 1.54) is 11.3 Å². The fraction of sp³-hybridized carbons (Fsp3) is 0.579. The molecule has 4 aliphatic heterocycles. The SMILES string of the molecule is C=C1C2OC(OC)C3C1C[C@@H](O)C3(CN1CCc3ccccc31)O2. The molecule has 1 aliphatic carbocycles. The number of benzene rings is 1. The highest BCUT2D eigenvalue weighted by Crippen LogP contribution is 2.58. The number of nitrogens with zero attached hydrogens (tertiary/aromatic N) is 1. The molecule has 5 aliphatic rings. The van der Waals surface area contributed by atoms with E-state index < -0.39 is 18.0 Å². The quantitative estimate of drug-likeness (QED) is 0.856. The fourth-order valence-electron chi connectivity index (χ4n) is 5.20. The predicted molar refractivity (Wildman–Crippen MR) is 88.6 cm³/mol. The Balaban J connectivity index is 1.52. The van der Waals surface area contributed by atoms with Gasteiger partial charge in [-0.15, -0.1) is 0 Å². The lowest BCUT2D eigenvalue weighted by atomic mass is 9.76. The lowest BCUT2D eigenvalue weighted by Gasteiger charge is -2.54. The van der Waals surface area contributed by atoms with Crippen LogP contribution in [0.4, 0.5) is 5.69 Å². The van der Waals surface area contributed by atoms with Crippen LogP contribution in [-0.4, -0.2) is 49.6 Å². The summed E-state index contributed by atoms with van der Waals surface area (Å²) >= 11 is 0. The van der Waals surface area contributed by atoms with E-state index in [1.807, 2.05) is 0 Å². The summed E-state index contributed by atoms with van der Waals surface area (Å²) in [5, 5.41) is 10.9. The Morgan fingerprint density at radius 1 is 1.42 bits per heavy atom. The van der Waals surface area contributed by atoms with Crippen LogP contribution in [0.5, 0.6) is 0 Å². The van der Waals surface area contributed by atoms with Crippen molar-refractivity contribution in [2.75, 3.05) is 25.1 Å². The first-order chi connectivity index (χ1) is 11.6. The molecule has 0 spiro atoms. The van der Waals surface area contributed by atoms with Crippen LogP contribution in [0.2, 0.25) is 0 Å². The highest BCUT2D eigenvalue weighted by molar-refractivity contribution is 5.58. The Labute approximate surface area is 141 Å². The van der Waals surface area contributed by atoms with Gasteiger partial charge in [-0.1, -0.05) is 24.8 Å². The Morgan fingerprint density at radius 3 is 3.08 bits per heavy atom. The van der Waals surface area contributed by atoms with Crippen LogP contribution in [0.3, 0.4) is 0 Å². The third kappa shape index (κ3) is 1.78. The van der Waals surface area contributed by atoms with E-state index >= 15 is 0 Å². The summed E-state index contributed by atoms with van der Waals surface area (Å²) in [6.07, 6.45) is 0.382. The average Bonchev–Trinajstić information content (AvgIpc) is 3.11. The lowest BCUT2D eigenvalue weighted by molar-refractivity contribution is -0.371. The molecule has 0 aromatic heterocycles. The predicted octanol–water partition coefficient (Wildman–Crippen LogP) is 1.70. The van der Waals surface area contributed by atoms with Gasteiger partial charge in [-0.05, 0) is 36.0 Å². The number of rotatable bonds is 3. The molecular weight excluding hydrogens is 306 g/mol. The number of hydrogen-bond donors (Lipinski definition) is 1. The smallest absolute Gasteiger partial charge is 0.183 e. The average molecular weight is 329 g/mol. The van der Waals surface area contributed by atoms with E-state index in [9.17, 15) is 5.11 Å². The molecule has 4 heterocycles. The van der Waals surface area contributed by atoms with Gasteiger partial charge in [0.2, 0.25) is 0 Å². The van der Waals surface area contributed by atoms with Gasteiger partial charge in [0.15, 0.2) is 12.6 Å². The molecule has 1 saturated carbocycles. The van der Waals surface area contributed by atoms with E-state index in [1.54, 1.807) is 7.11 Å². The highest BCUT2D eigenvalue weighted by atomic mass is 16.8. The van der Waals surface area contributed by atoms with Gasteiger partial charge in [0, 0.05) is 19.3 Å². The topological polar surface area (TPSA) is 51.2 Å². The van der Waals surface area contributed by atoms with Crippen molar-refractivity contribution in [2.45, 2.75) is 37.1 Å². The maximum Gasteiger partial charge on any atom is 0.183 e. The fourth-order valence-corrected chi connectivity index (χ4v) is 5.20. The normalized spacial score (nSPS) is 42.7. The second-order valence-corrected chi connectivity index (χ2v) is 7.40. The van der Waals surface area contributed by atoms with Crippen molar-refractivity contribution in [1.82, 2.24) is 0 Å². The molecule has 0 radical (unpaired) electrons. The number of methoxy groups -OCH3 is 1. The zero-order valence-electron chi connectivity index (χ0n) is 13.9. The molecule has 5 heteroatoms. The summed E-state index contributed by atoms with van der Waals surface area (Å²) in [4.78, 5) is 2.34. The van der Waals surface area contributed by atoms with Crippen molar-refractivity contribution in [2.24, 2.45) is 11.8 Å². The van der Waals surface area contributed by atoms with Crippen LogP contribution in [0.25, 0.3) is 0 Å². The maximum atomic E-state index is 10.9. The van der Waals surface area contributed by atoms with E-state index in [4.69, 9.17) is 14.2 Å². The first kappa shape index (κ1) is 14.9. The van der Waals surface area contributed by atoms with Crippen LogP contribution < -0.4 is 4.90 Å². The van der Waals surface area contributed by atoms with Crippen molar-refractivity contribution in [3.63, 3.8) is 0 Å². The molecule has 1 N–H and O–H groups in total. The number of fused-ring (bicyclic) bond motifs is 2. The van der Waals surface area contributed by atoms with Gasteiger partial charge >= 0.3 is 0 Å². The van der Waals surface area contributed by atoms with Gasteiger partial charge in [0.25, 0.3) is 0 Å². The third-order valence-corrected chi connectivity index (χ3v) is 6.35. The zero-order chi connectivity index (χ0) is 16.5. The molecule has 4 fully saturated rings.